The fourth-order valence-corrected chi connectivity index (χ4v) is 3.08. The SMILES string of the molecule is CC(C)(C)c1ccc(-c2nnc(SCC(=O)c3cc(F)ccc3O)o2)cc1. The van der Waals surface area contributed by atoms with Crippen molar-refractivity contribution < 1.29 is 18.7 Å². The number of halogens is 1. The number of thioether (sulfide) groups is 1. The molecule has 0 amide bonds. The largest absolute Gasteiger partial charge is 0.507 e. The van der Waals surface area contributed by atoms with Crippen molar-refractivity contribution >= 4 is 17.5 Å². The van der Waals surface area contributed by atoms with Gasteiger partial charge in [0.25, 0.3) is 5.22 Å². The van der Waals surface area contributed by atoms with Gasteiger partial charge in [-0.05, 0) is 41.3 Å². The van der Waals surface area contributed by atoms with Crippen LogP contribution in [-0.2, 0) is 5.41 Å². The predicted octanol–water partition coefficient (Wildman–Crippen LogP) is 4.85. The van der Waals surface area contributed by atoms with Crippen LogP contribution in [0, 0.1) is 5.82 Å². The number of hydrogen-bond acceptors (Lipinski definition) is 6. The molecular weight excluding hydrogens is 367 g/mol. The zero-order valence-electron chi connectivity index (χ0n) is 15.2. The summed E-state index contributed by atoms with van der Waals surface area (Å²) in [6.45, 7) is 6.41. The predicted molar refractivity (Wildman–Crippen MR) is 102 cm³/mol. The molecular formula is C20H19FN2O3S. The first kappa shape index (κ1) is 19.1. The smallest absolute Gasteiger partial charge is 0.277 e. The number of aromatic nitrogens is 2. The van der Waals surface area contributed by atoms with Crippen LogP contribution in [0.5, 0.6) is 5.75 Å². The lowest BCUT2D eigenvalue weighted by Gasteiger charge is -2.18. The summed E-state index contributed by atoms with van der Waals surface area (Å²) >= 11 is 1.04. The standard InChI is InChI=1S/C20H19FN2O3S/c1-20(2,3)13-6-4-12(5-7-13)18-22-23-19(26-18)27-11-17(25)15-10-14(21)8-9-16(15)24/h4-10,24H,11H2,1-3H3. The second-order valence-corrected chi connectivity index (χ2v) is 8.00. The van der Waals surface area contributed by atoms with E-state index in [1.807, 2.05) is 24.3 Å². The highest BCUT2D eigenvalue weighted by molar-refractivity contribution is 7.99. The average Bonchev–Trinajstić information content (AvgIpc) is 3.10. The van der Waals surface area contributed by atoms with Gasteiger partial charge in [0.2, 0.25) is 5.89 Å². The number of ketones is 1. The van der Waals surface area contributed by atoms with Crippen LogP contribution >= 0.6 is 11.8 Å². The quantitative estimate of drug-likeness (QED) is 0.499. The Balaban J connectivity index is 1.67. The minimum absolute atomic E-state index is 0.0528. The van der Waals surface area contributed by atoms with Gasteiger partial charge in [0.1, 0.15) is 11.6 Å². The number of nitrogens with zero attached hydrogens (tertiary/aromatic N) is 2. The van der Waals surface area contributed by atoms with Gasteiger partial charge in [0.15, 0.2) is 5.78 Å². The summed E-state index contributed by atoms with van der Waals surface area (Å²) < 4.78 is 18.8. The molecule has 0 saturated heterocycles. The molecule has 0 aliphatic rings. The van der Waals surface area contributed by atoms with E-state index in [4.69, 9.17) is 4.42 Å². The first-order valence-electron chi connectivity index (χ1n) is 8.33. The number of hydrogen-bond donors (Lipinski definition) is 1. The lowest BCUT2D eigenvalue weighted by Crippen LogP contribution is -2.10. The van der Waals surface area contributed by atoms with Crippen LogP contribution in [0.3, 0.4) is 0 Å². The molecule has 0 atom stereocenters. The fraction of sp³-hybridized carbons (Fsp3) is 0.250. The lowest BCUT2D eigenvalue weighted by atomic mass is 9.87. The molecule has 0 bridgehead atoms. The number of aromatic hydroxyl groups is 1. The third-order valence-corrected chi connectivity index (χ3v) is 4.81. The summed E-state index contributed by atoms with van der Waals surface area (Å²) in [6.07, 6.45) is 0. The summed E-state index contributed by atoms with van der Waals surface area (Å²) in [5.41, 5.74) is 1.97. The Kier molecular flexibility index (Phi) is 5.32. The van der Waals surface area contributed by atoms with Crippen LogP contribution in [0.4, 0.5) is 4.39 Å². The van der Waals surface area contributed by atoms with E-state index in [-0.39, 0.29) is 27.7 Å². The zero-order valence-corrected chi connectivity index (χ0v) is 16.0. The Hall–Kier alpha value is -2.67. The molecule has 1 N–H and O–H groups in total. The van der Waals surface area contributed by atoms with E-state index in [9.17, 15) is 14.3 Å². The lowest BCUT2D eigenvalue weighted by molar-refractivity contribution is 0.101. The molecule has 0 saturated carbocycles. The van der Waals surface area contributed by atoms with E-state index in [0.717, 1.165) is 35.5 Å². The molecule has 0 spiro atoms. The second-order valence-electron chi connectivity index (χ2n) is 7.07. The van der Waals surface area contributed by atoms with E-state index in [1.165, 1.54) is 5.56 Å². The summed E-state index contributed by atoms with van der Waals surface area (Å²) in [7, 11) is 0. The maximum absolute atomic E-state index is 13.3. The molecule has 7 heteroatoms. The Morgan fingerprint density at radius 1 is 1.15 bits per heavy atom. The van der Waals surface area contributed by atoms with Crippen molar-refractivity contribution in [2.75, 3.05) is 5.75 Å². The first-order chi connectivity index (χ1) is 12.7. The third kappa shape index (κ3) is 4.54. The summed E-state index contributed by atoms with van der Waals surface area (Å²) in [5.74, 6) is -0.959. The van der Waals surface area contributed by atoms with Crippen molar-refractivity contribution in [2.45, 2.75) is 31.4 Å². The summed E-state index contributed by atoms with van der Waals surface area (Å²) in [5, 5.41) is 17.8. The van der Waals surface area contributed by atoms with Gasteiger partial charge in [-0.25, -0.2) is 4.39 Å². The van der Waals surface area contributed by atoms with Crippen LogP contribution in [0.15, 0.2) is 52.1 Å². The highest BCUT2D eigenvalue weighted by atomic mass is 32.2. The van der Waals surface area contributed by atoms with E-state index < -0.39 is 11.6 Å². The van der Waals surface area contributed by atoms with Gasteiger partial charge in [-0.15, -0.1) is 10.2 Å². The van der Waals surface area contributed by atoms with Crippen LogP contribution in [-0.4, -0.2) is 26.8 Å². The van der Waals surface area contributed by atoms with Gasteiger partial charge in [0.05, 0.1) is 11.3 Å². The van der Waals surface area contributed by atoms with E-state index in [2.05, 4.69) is 31.0 Å². The minimum atomic E-state index is -0.583. The van der Waals surface area contributed by atoms with Gasteiger partial charge >= 0.3 is 0 Å². The second kappa shape index (κ2) is 7.52. The number of carbonyl (C=O) groups excluding carboxylic acids is 1. The number of phenols is 1. The van der Waals surface area contributed by atoms with Crippen LogP contribution < -0.4 is 0 Å². The number of Topliss-reactive ketones (excluding diaryl/α,β-unsaturated/α-hetero) is 1. The van der Waals surface area contributed by atoms with Gasteiger partial charge in [-0.2, -0.15) is 0 Å². The zero-order chi connectivity index (χ0) is 19.6. The molecule has 140 valence electrons. The normalized spacial score (nSPS) is 11.6. The van der Waals surface area contributed by atoms with E-state index >= 15 is 0 Å². The number of rotatable bonds is 5. The van der Waals surface area contributed by atoms with E-state index in [0.29, 0.717) is 5.89 Å². The Labute approximate surface area is 160 Å². The molecule has 0 aliphatic heterocycles. The highest BCUT2D eigenvalue weighted by Crippen LogP contribution is 2.28. The monoisotopic (exact) mass is 386 g/mol. The Morgan fingerprint density at radius 2 is 1.85 bits per heavy atom. The number of phenolic OH excluding ortho intramolecular Hbond substituents is 1. The molecule has 3 rings (SSSR count). The van der Waals surface area contributed by atoms with Crippen LogP contribution in [0.1, 0.15) is 36.7 Å². The maximum Gasteiger partial charge on any atom is 0.277 e. The molecule has 2 aromatic carbocycles. The van der Waals surface area contributed by atoms with Gasteiger partial charge < -0.3 is 9.52 Å². The molecule has 0 unspecified atom stereocenters. The third-order valence-electron chi connectivity index (χ3n) is 3.99. The van der Waals surface area contributed by atoms with Gasteiger partial charge in [0, 0.05) is 5.56 Å². The molecule has 1 aromatic heterocycles. The summed E-state index contributed by atoms with van der Waals surface area (Å²) in [4.78, 5) is 12.2. The molecule has 0 radical (unpaired) electrons. The Bertz CT molecular complexity index is 962. The van der Waals surface area contributed by atoms with Gasteiger partial charge in [-0.3, -0.25) is 4.79 Å². The van der Waals surface area contributed by atoms with Crippen molar-refractivity contribution in [3.8, 4) is 17.2 Å². The first-order valence-corrected chi connectivity index (χ1v) is 9.31. The molecule has 5 nitrogen and oxygen atoms in total. The van der Waals surface area contributed by atoms with Crippen LogP contribution in [0.25, 0.3) is 11.5 Å². The molecule has 0 aliphatic carbocycles. The molecule has 0 fully saturated rings. The van der Waals surface area contributed by atoms with Crippen molar-refractivity contribution in [1.29, 1.82) is 0 Å². The number of carbonyl (C=O) groups is 1. The highest BCUT2D eigenvalue weighted by Gasteiger charge is 2.17. The minimum Gasteiger partial charge on any atom is -0.507 e. The van der Waals surface area contributed by atoms with Crippen LogP contribution in [0.2, 0.25) is 0 Å². The van der Waals surface area contributed by atoms with Gasteiger partial charge in [-0.1, -0.05) is 44.7 Å². The number of benzene rings is 2. The molecule has 27 heavy (non-hydrogen) atoms. The topological polar surface area (TPSA) is 76.2 Å². The molecule has 3 aromatic rings. The van der Waals surface area contributed by atoms with E-state index in [1.54, 1.807) is 0 Å². The van der Waals surface area contributed by atoms with Crippen molar-refractivity contribution in [3.63, 3.8) is 0 Å². The summed E-state index contributed by atoms with van der Waals surface area (Å²) in [6, 6.07) is 11.1. The van der Waals surface area contributed by atoms with Crippen molar-refractivity contribution in [3.05, 3.63) is 59.4 Å². The van der Waals surface area contributed by atoms with Crippen molar-refractivity contribution in [2.24, 2.45) is 0 Å². The maximum atomic E-state index is 13.3. The molecule has 1 heterocycles. The average molecular weight is 386 g/mol. The van der Waals surface area contributed by atoms with Crippen molar-refractivity contribution in [1.82, 2.24) is 10.2 Å². The Morgan fingerprint density at radius 3 is 2.52 bits per heavy atom. The fourth-order valence-electron chi connectivity index (χ4n) is 2.43.